The molecule has 0 atom stereocenters. The lowest BCUT2D eigenvalue weighted by Crippen LogP contribution is -2.54. The summed E-state index contributed by atoms with van der Waals surface area (Å²) in [5.74, 6) is -1.92. The number of benzene rings is 3. The maximum absolute atomic E-state index is 13.3. The summed E-state index contributed by atoms with van der Waals surface area (Å²) in [5, 5.41) is 5.22. The molecular weight excluding hydrogens is 493 g/mol. The van der Waals surface area contributed by atoms with Crippen molar-refractivity contribution in [2.75, 3.05) is 16.8 Å². The number of hydrogen-bond acceptors (Lipinski definition) is 5. The van der Waals surface area contributed by atoms with Crippen LogP contribution in [0.5, 0.6) is 5.75 Å². The molecule has 7 nitrogen and oxygen atoms in total. The van der Waals surface area contributed by atoms with Crippen LogP contribution < -0.4 is 20.3 Å². The van der Waals surface area contributed by atoms with Gasteiger partial charge >= 0.3 is 0 Å². The van der Waals surface area contributed by atoms with Crippen molar-refractivity contribution < 1.29 is 23.5 Å². The Hall–Kier alpha value is -4.08. The number of nitrogens with zero attached hydrogens (tertiary/aromatic N) is 1. The Labute approximate surface area is 210 Å². The molecule has 0 bridgehead atoms. The first-order valence-electron chi connectivity index (χ1n) is 10.3. The number of ether oxygens (including phenoxy) is 1. The van der Waals surface area contributed by atoms with E-state index in [2.05, 4.69) is 10.6 Å². The van der Waals surface area contributed by atoms with Crippen LogP contribution in [0.4, 0.5) is 15.8 Å². The van der Waals surface area contributed by atoms with Crippen molar-refractivity contribution in [3.05, 3.63) is 94.8 Å². The van der Waals surface area contributed by atoms with Gasteiger partial charge in [0.05, 0.1) is 10.7 Å². The fourth-order valence-electron chi connectivity index (χ4n) is 3.23. The molecular formula is C25H17ClFN3O4S. The topological polar surface area (TPSA) is 87.7 Å². The summed E-state index contributed by atoms with van der Waals surface area (Å²) in [5.41, 5.74) is 1.21. The van der Waals surface area contributed by atoms with Crippen LogP contribution in [-0.4, -0.2) is 29.4 Å². The molecule has 1 saturated heterocycles. The van der Waals surface area contributed by atoms with Crippen molar-refractivity contribution in [2.24, 2.45) is 0 Å². The van der Waals surface area contributed by atoms with Gasteiger partial charge < -0.3 is 10.1 Å². The van der Waals surface area contributed by atoms with Crippen LogP contribution in [0.25, 0.3) is 6.08 Å². The quantitative estimate of drug-likeness (QED) is 0.293. The first-order valence-corrected chi connectivity index (χ1v) is 11.0. The highest BCUT2D eigenvalue weighted by Gasteiger charge is 2.34. The monoisotopic (exact) mass is 509 g/mol. The fraction of sp³-hybridized carbons (Fsp3) is 0.0400. The summed E-state index contributed by atoms with van der Waals surface area (Å²) >= 11 is 11.4. The Morgan fingerprint density at radius 1 is 1.09 bits per heavy atom. The average molecular weight is 510 g/mol. The molecule has 0 aliphatic carbocycles. The Balaban J connectivity index is 1.48. The van der Waals surface area contributed by atoms with Crippen molar-refractivity contribution >= 4 is 64.1 Å². The molecule has 176 valence electrons. The molecule has 10 heteroatoms. The third-order valence-electron chi connectivity index (χ3n) is 4.87. The number of rotatable bonds is 6. The Morgan fingerprint density at radius 2 is 1.80 bits per heavy atom. The van der Waals surface area contributed by atoms with E-state index in [-0.39, 0.29) is 34.0 Å². The third kappa shape index (κ3) is 5.71. The largest absolute Gasteiger partial charge is 0.482 e. The van der Waals surface area contributed by atoms with E-state index in [9.17, 15) is 18.8 Å². The summed E-state index contributed by atoms with van der Waals surface area (Å²) in [4.78, 5) is 38.7. The first kappa shape index (κ1) is 24.1. The standard InChI is InChI=1S/C25H17ClFN3O4S/c26-20-13-15(6-11-21(20)34-14-22(31)28-17-4-2-1-3-5-17)12-19-23(32)29-25(35)30(24(19)33)18-9-7-16(27)8-10-18/h1-13H,14H2,(H,28,31)(H,29,32,35)/b19-12-. The molecule has 1 heterocycles. The Kier molecular flexibility index (Phi) is 7.19. The van der Waals surface area contributed by atoms with E-state index in [1.54, 1.807) is 30.3 Å². The summed E-state index contributed by atoms with van der Waals surface area (Å²) < 4.78 is 18.8. The molecule has 35 heavy (non-hydrogen) atoms. The molecule has 0 aromatic heterocycles. The van der Waals surface area contributed by atoms with Gasteiger partial charge in [0.25, 0.3) is 17.7 Å². The van der Waals surface area contributed by atoms with Crippen LogP contribution in [0.2, 0.25) is 5.02 Å². The molecule has 3 aromatic rings. The molecule has 1 aliphatic heterocycles. The van der Waals surface area contributed by atoms with Gasteiger partial charge in [-0.05, 0) is 72.4 Å². The minimum Gasteiger partial charge on any atom is -0.482 e. The summed E-state index contributed by atoms with van der Waals surface area (Å²) in [7, 11) is 0. The lowest BCUT2D eigenvalue weighted by Gasteiger charge is -2.28. The van der Waals surface area contributed by atoms with Crippen molar-refractivity contribution in [3.8, 4) is 5.75 Å². The van der Waals surface area contributed by atoms with Gasteiger partial charge in [0, 0.05) is 5.69 Å². The van der Waals surface area contributed by atoms with Gasteiger partial charge in [0.1, 0.15) is 17.1 Å². The van der Waals surface area contributed by atoms with E-state index < -0.39 is 17.6 Å². The maximum atomic E-state index is 13.3. The van der Waals surface area contributed by atoms with Crippen LogP contribution >= 0.6 is 23.8 Å². The number of thiocarbonyl (C=S) groups is 1. The molecule has 0 saturated carbocycles. The zero-order valence-corrected chi connectivity index (χ0v) is 19.5. The summed E-state index contributed by atoms with van der Waals surface area (Å²) in [6, 6.07) is 18.7. The summed E-state index contributed by atoms with van der Waals surface area (Å²) in [6.45, 7) is -0.264. The molecule has 2 N–H and O–H groups in total. The van der Waals surface area contributed by atoms with Crippen LogP contribution in [0.15, 0.2) is 78.4 Å². The van der Waals surface area contributed by atoms with Crippen molar-refractivity contribution in [2.45, 2.75) is 0 Å². The Morgan fingerprint density at radius 3 is 2.49 bits per heavy atom. The molecule has 4 rings (SSSR count). The van der Waals surface area contributed by atoms with Crippen LogP contribution in [0.3, 0.4) is 0 Å². The van der Waals surface area contributed by atoms with Gasteiger partial charge in [-0.2, -0.15) is 0 Å². The van der Waals surface area contributed by atoms with Gasteiger partial charge in [-0.1, -0.05) is 35.9 Å². The predicted molar refractivity (Wildman–Crippen MR) is 135 cm³/mol. The van der Waals surface area contributed by atoms with Crippen molar-refractivity contribution in [3.63, 3.8) is 0 Å². The molecule has 1 fully saturated rings. The number of nitrogens with one attached hydrogen (secondary N) is 2. The molecule has 3 amide bonds. The highest BCUT2D eigenvalue weighted by Crippen LogP contribution is 2.28. The molecule has 0 radical (unpaired) electrons. The number of carbonyl (C=O) groups excluding carboxylic acids is 3. The van der Waals surface area contributed by atoms with Crippen molar-refractivity contribution in [1.82, 2.24) is 5.32 Å². The second-order valence-electron chi connectivity index (χ2n) is 7.33. The minimum absolute atomic E-state index is 0.112. The van der Waals surface area contributed by atoms with E-state index in [1.807, 2.05) is 6.07 Å². The average Bonchev–Trinajstić information content (AvgIpc) is 2.83. The highest BCUT2D eigenvalue weighted by molar-refractivity contribution is 7.80. The number of carbonyl (C=O) groups is 3. The zero-order chi connectivity index (χ0) is 24.9. The van der Waals surface area contributed by atoms with Gasteiger partial charge in [0.2, 0.25) is 0 Å². The van der Waals surface area contributed by atoms with Gasteiger partial charge in [0.15, 0.2) is 11.7 Å². The zero-order valence-electron chi connectivity index (χ0n) is 18.0. The SMILES string of the molecule is O=C(COc1ccc(/C=C2/C(=O)NC(=S)N(c3ccc(F)cc3)C2=O)cc1Cl)Nc1ccccc1. The predicted octanol–water partition coefficient (Wildman–Crippen LogP) is 4.33. The van der Waals surface area contributed by atoms with E-state index in [0.29, 0.717) is 16.9 Å². The Bertz CT molecular complexity index is 1350. The molecule has 1 aliphatic rings. The normalized spacial score (nSPS) is 14.6. The fourth-order valence-corrected chi connectivity index (χ4v) is 3.76. The van der Waals surface area contributed by atoms with Crippen LogP contribution in [0, 0.1) is 5.82 Å². The third-order valence-corrected chi connectivity index (χ3v) is 5.45. The molecule has 0 spiro atoms. The van der Waals surface area contributed by atoms with Crippen LogP contribution in [-0.2, 0) is 14.4 Å². The van der Waals surface area contributed by atoms with E-state index in [4.69, 9.17) is 28.6 Å². The summed E-state index contributed by atoms with van der Waals surface area (Å²) in [6.07, 6.45) is 1.35. The smallest absolute Gasteiger partial charge is 0.270 e. The lowest BCUT2D eigenvalue weighted by atomic mass is 10.1. The minimum atomic E-state index is -0.674. The maximum Gasteiger partial charge on any atom is 0.270 e. The number of halogens is 2. The number of anilines is 2. The molecule has 0 unspecified atom stereocenters. The lowest BCUT2D eigenvalue weighted by molar-refractivity contribution is -0.122. The number of amides is 3. The molecule has 3 aromatic carbocycles. The van der Waals surface area contributed by atoms with Gasteiger partial charge in [-0.25, -0.2) is 4.39 Å². The van der Waals surface area contributed by atoms with Crippen LogP contribution in [0.1, 0.15) is 5.56 Å². The second-order valence-corrected chi connectivity index (χ2v) is 8.12. The number of hydrogen-bond donors (Lipinski definition) is 2. The number of para-hydroxylation sites is 1. The highest BCUT2D eigenvalue weighted by atomic mass is 35.5. The van der Waals surface area contributed by atoms with Gasteiger partial charge in [-0.3, -0.25) is 24.6 Å². The van der Waals surface area contributed by atoms with Crippen molar-refractivity contribution in [1.29, 1.82) is 0 Å². The second kappa shape index (κ2) is 10.5. The van der Waals surface area contributed by atoms with E-state index in [0.717, 1.165) is 4.90 Å². The van der Waals surface area contributed by atoms with Gasteiger partial charge in [-0.15, -0.1) is 0 Å². The first-order chi connectivity index (χ1) is 16.8. The van der Waals surface area contributed by atoms with E-state index in [1.165, 1.54) is 42.5 Å². The van der Waals surface area contributed by atoms with E-state index >= 15 is 0 Å².